The van der Waals surface area contributed by atoms with Gasteiger partial charge in [-0.05, 0) is 31.2 Å². The second-order valence-corrected chi connectivity index (χ2v) is 5.99. The summed E-state index contributed by atoms with van der Waals surface area (Å²) in [5.41, 5.74) is 2.27. The minimum absolute atomic E-state index is 0.346. The Bertz CT molecular complexity index is 280. The predicted octanol–water partition coefficient (Wildman–Crippen LogP) is 3.49. The van der Waals surface area contributed by atoms with Crippen molar-refractivity contribution in [3.05, 3.63) is 16.6 Å². The van der Waals surface area contributed by atoms with Gasteiger partial charge in [-0.1, -0.05) is 27.7 Å². The van der Waals surface area contributed by atoms with Crippen molar-refractivity contribution in [3.8, 4) is 0 Å². The number of hydrogen-bond acceptors (Lipinski definition) is 3. The molecular formula is C13H24N2S. The van der Waals surface area contributed by atoms with Gasteiger partial charge in [0.2, 0.25) is 0 Å². The largest absolute Gasteiger partial charge is 0.313 e. The maximum Gasteiger partial charge on any atom is 0.0794 e. The van der Waals surface area contributed by atoms with Crippen molar-refractivity contribution in [1.82, 2.24) is 10.3 Å². The summed E-state index contributed by atoms with van der Waals surface area (Å²) in [7, 11) is 0. The third-order valence-corrected chi connectivity index (χ3v) is 4.19. The smallest absolute Gasteiger partial charge is 0.0794 e. The van der Waals surface area contributed by atoms with Gasteiger partial charge < -0.3 is 5.32 Å². The fraction of sp³-hybridized carbons (Fsp3) is 0.769. The van der Waals surface area contributed by atoms with Gasteiger partial charge in [-0.3, -0.25) is 4.98 Å². The molecule has 0 aromatic carbocycles. The van der Waals surface area contributed by atoms with Gasteiger partial charge >= 0.3 is 0 Å². The van der Waals surface area contributed by atoms with Gasteiger partial charge in [0.05, 0.1) is 5.51 Å². The van der Waals surface area contributed by atoms with Crippen molar-refractivity contribution in [1.29, 1.82) is 0 Å². The highest BCUT2D eigenvalue weighted by atomic mass is 32.1. The lowest BCUT2D eigenvalue weighted by molar-refractivity contribution is 0.231. The molecule has 0 aliphatic heterocycles. The van der Waals surface area contributed by atoms with Crippen molar-refractivity contribution >= 4 is 11.3 Å². The fourth-order valence-electron chi connectivity index (χ4n) is 1.73. The molecule has 1 rings (SSSR count). The summed E-state index contributed by atoms with van der Waals surface area (Å²) in [5.74, 6) is 0. The van der Waals surface area contributed by atoms with Gasteiger partial charge in [-0.25, -0.2) is 0 Å². The van der Waals surface area contributed by atoms with Crippen LogP contribution in [0.4, 0.5) is 0 Å². The van der Waals surface area contributed by atoms with E-state index < -0.39 is 0 Å². The number of rotatable bonds is 7. The zero-order chi connectivity index (χ0) is 12.0. The van der Waals surface area contributed by atoms with Crippen molar-refractivity contribution in [3.63, 3.8) is 0 Å². The van der Waals surface area contributed by atoms with Gasteiger partial charge in [-0.15, -0.1) is 11.3 Å². The van der Waals surface area contributed by atoms with Crippen molar-refractivity contribution in [2.24, 2.45) is 5.41 Å². The molecule has 1 atom stereocenters. The molecule has 1 aromatic heterocycles. The Balaban J connectivity index is 2.63. The first kappa shape index (κ1) is 13.7. The standard InChI is InChI=1S/C13H24N2S/c1-5-7-15-12(13(3,4)6-2)8-11-9-14-10-16-11/h9-10,12,15H,5-8H2,1-4H3. The van der Waals surface area contributed by atoms with Crippen LogP contribution in [0.3, 0.4) is 0 Å². The van der Waals surface area contributed by atoms with E-state index in [-0.39, 0.29) is 0 Å². The molecule has 2 nitrogen and oxygen atoms in total. The summed E-state index contributed by atoms with van der Waals surface area (Å²) in [5, 5.41) is 3.68. The van der Waals surface area contributed by atoms with Crippen LogP contribution in [0.2, 0.25) is 0 Å². The first-order chi connectivity index (χ1) is 7.60. The highest BCUT2D eigenvalue weighted by Crippen LogP contribution is 2.28. The van der Waals surface area contributed by atoms with Gasteiger partial charge in [0, 0.05) is 17.1 Å². The maximum absolute atomic E-state index is 4.15. The number of aromatic nitrogens is 1. The molecule has 92 valence electrons. The van der Waals surface area contributed by atoms with E-state index in [1.54, 1.807) is 11.3 Å². The Labute approximate surface area is 103 Å². The van der Waals surface area contributed by atoms with Crippen molar-refractivity contribution < 1.29 is 0 Å². The molecule has 0 aliphatic rings. The van der Waals surface area contributed by atoms with Crippen molar-refractivity contribution in [2.45, 2.75) is 53.0 Å². The van der Waals surface area contributed by atoms with E-state index in [0.717, 1.165) is 13.0 Å². The van der Waals surface area contributed by atoms with E-state index in [0.29, 0.717) is 11.5 Å². The SMILES string of the molecule is CCCNC(Cc1cncs1)C(C)(C)CC. The topological polar surface area (TPSA) is 24.9 Å². The third kappa shape index (κ3) is 3.87. The minimum Gasteiger partial charge on any atom is -0.313 e. The molecule has 0 radical (unpaired) electrons. The molecular weight excluding hydrogens is 216 g/mol. The fourth-order valence-corrected chi connectivity index (χ4v) is 2.38. The summed E-state index contributed by atoms with van der Waals surface area (Å²) in [6, 6.07) is 0.554. The monoisotopic (exact) mass is 240 g/mol. The quantitative estimate of drug-likeness (QED) is 0.789. The molecule has 0 saturated carbocycles. The predicted molar refractivity (Wildman–Crippen MR) is 72.0 cm³/mol. The number of thiazole rings is 1. The van der Waals surface area contributed by atoms with E-state index in [1.807, 2.05) is 11.7 Å². The van der Waals surface area contributed by atoms with Gasteiger partial charge in [0.15, 0.2) is 0 Å². The summed E-state index contributed by atoms with van der Waals surface area (Å²) in [6.07, 6.45) is 5.49. The summed E-state index contributed by atoms with van der Waals surface area (Å²) < 4.78 is 0. The molecule has 1 aromatic rings. The van der Waals surface area contributed by atoms with Crippen LogP contribution in [-0.2, 0) is 6.42 Å². The molecule has 0 amide bonds. The first-order valence-corrected chi connectivity index (χ1v) is 7.09. The van der Waals surface area contributed by atoms with Crippen molar-refractivity contribution in [2.75, 3.05) is 6.54 Å². The van der Waals surface area contributed by atoms with Crippen LogP contribution < -0.4 is 5.32 Å². The van der Waals surface area contributed by atoms with Gasteiger partial charge in [-0.2, -0.15) is 0 Å². The number of nitrogens with one attached hydrogen (secondary N) is 1. The molecule has 1 heterocycles. The third-order valence-electron chi connectivity index (χ3n) is 3.38. The van der Waals surface area contributed by atoms with Crippen LogP contribution in [-0.4, -0.2) is 17.6 Å². The van der Waals surface area contributed by atoms with E-state index >= 15 is 0 Å². The normalized spacial score (nSPS) is 14.0. The molecule has 1 N–H and O–H groups in total. The Kier molecular flexibility index (Phi) is 5.42. The summed E-state index contributed by atoms with van der Waals surface area (Å²) >= 11 is 1.76. The number of hydrogen-bond donors (Lipinski definition) is 1. The molecule has 0 saturated heterocycles. The van der Waals surface area contributed by atoms with Crippen LogP contribution in [0.1, 0.15) is 45.4 Å². The van der Waals surface area contributed by atoms with Crippen LogP contribution in [0.5, 0.6) is 0 Å². The van der Waals surface area contributed by atoms with E-state index in [9.17, 15) is 0 Å². The lowest BCUT2D eigenvalue weighted by Gasteiger charge is -2.34. The molecule has 3 heteroatoms. The van der Waals surface area contributed by atoms with E-state index in [1.165, 1.54) is 17.7 Å². The van der Waals surface area contributed by atoms with Crippen LogP contribution in [0, 0.1) is 5.41 Å². The Morgan fingerprint density at radius 3 is 2.69 bits per heavy atom. The zero-order valence-electron chi connectivity index (χ0n) is 10.9. The Morgan fingerprint density at radius 2 is 2.19 bits per heavy atom. The zero-order valence-corrected chi connectivity index (χ0v) is 11.7. The molecule has 0 fully saturated rings. The lowest BCUT2D eigenvalue weighted by atomic mass is 9.80. The Hall–Kier alpha value is -0.410. The molecule has 0 aliphatic carbocycles. The second-order valence-electron chi connectivity index (χ2n) is 5.02. The summed E-state index contributed by atoms with van der Waals surface area (Å²) in [4.78, 5) is 5.54. The van der Waals surface area contributed by atoms with Crippen LogP contribution >= 0.6 is 11.3 Å². The molecule has 1 unspecified atom stereocenters. The highest BCUT2D eigenvalue weighted by molar-refractivity contribution is 7.09. The minimum atomic E-state index is 0.346. The van der Waals surface area contributed by atoms with Gasteiger partial charge in [0.25, 0.3) is 0 Å². The van der Waals surface area contributed by atoms with E-state index in [2.05, 4.69) is 38.0 Å². The van der Waals surface area contributed by atoms with Crippen LogP contribution in [0.15, 0.2) is 11.7 Å². The highest BCUT2D eigenvalue weighted by Gasteiger charge is 2.27. The first-order valence-electron chi connectivity index (χ1n) is 6.21. The number of nitrogens with zero attached hydrogens (tertiary/aromatic N) is 1. The second kappa shape index (κ2) is 6.36. The lowest BCUT2D eigenvalue weighted by Crippen LogP contribution is -2.43. The van der Waals surface area contributed by atoms with Gasteiger partial charge in [0.1, 0.15) is 0 Å². The van der Waals surface area contributed by atoms with E-state index in [4.69, 9.17) is 0 Å². The summed E-state index contributed by atoms with van der Waals surface area (Å²) in [6.45, 7) is 10.3. The molecule has 0 bridgehead atoms. The Morgan fingerprint density at radius 1 is 1.44 bits per heavy atom. The average Bonchev–Trinajstić information content (AvgIpc) is 2.76. The molecule has 16 heavy (non-hydrogen) atoms. The average molecular weight is 240 g/mol. The molecule has 0 spiro atoms. The van der Waals surface area contributed by atoms with Crippen LogP contribution in [0.25, 0.3) is 0 Å². The maximum atomic E-state index is 4.15.